The highest BCUT2D eigenvalue weighted by Gasteiger charge is 2.26. The van der Waals surface area contributed by atoms with Crippen LogP contribution in [0.15, 0.2) is 12.5 Å². The maximum absolute atomic E-state index is 11.3. The van der Waals surface area contributed by atoms with Crippen molar-refractivity contribution in [2.24, 2.45) is 0 Å². The van der Waals surface area contributed by atoms with E-state index in [4.69, 9.17) is 0 Å². The average molecular weight is 194 g/mol. The van der Waals surface area contributed by atoms with Crippen molar-refractivity contribution in [3.05, 3.63) is 18.2 Å². The van der Waals surface area contributed by atoms with E-state index >= 15 is 0 Å². The number of aromatic amines is 1. The Morgan fingerprint density at radius 1 is 1.50 bits per heavy atom. The zero-order valence-electron chi connectivity index (χ0n) is 7.41. The zero-order chi connectivity index (χ0) is 9.97. The lowest BCUT2D eigenvalue weighted by molar-refractivity contribution is -0.133. The van der Waals surface area contributed by atoms with Crippen molar-refractivity contribution >= 4 is 11.8 Å². The third kappa shape index (κ3) is 1.73. The van der Waals surface area contributed by atoms with E-state index in [1.165, 1.54) is 6.33 Å². The number of nitrogens with one attached hydrogen (secondary N) is 3. The molecule has 74 valence electrons. The van der Waals surface area contributed by atoms with Crippen molar-refractivity contribution in [2.45, 2.75) is 12.5 Å². The van der Waals surface area contributed by atoms with Gasteiger partial charge in [-0.25, -0.2) is 4.98 Å². The van der Waals surface area contributed by atoms with Crippen molar-refractivity contribution in [3.63, 3.8) is 0 Å². The van der Waals surface area contributed by atoms with Crippen LogP contribution in [-0.4, -0.2) is 34.4 Å². The topological polar surface area (TPSA) is 86.9 Å². The minimum atomic E-state index is -0.500. The molecular formula is C8H10N4O2. The summed E-state index contributed by atoms with van der Waals surface area (Å²) in [4.78, 5) is 29.1. The van der Waals surface area contributed by atoms with E-state index in [-0.39, 0.29) is 18.4 Å². The second-order valence-corrected chi connectivity index (χ2v) is 3.10. The SMILES string of the molecule is O=C1CNC(=O)[C@H](Cc2c[nH]cn2)N1. The summed E-state index contributed by atoms with van der Waals surface area (Å²) in [5.74, 6) is -0.322. The van der Waals surface area contributed by atoms with Gasteiger partial charge in [0.15, 0.2) is 0 Å². The number of imidazole rings is 1. The fourth-order valence-electron chi connectivity index (χ4n) is 1.36. The summed E-state index contributed by atoms with van der Waals surface area (Å²) >= 11 is 0. The summed E-state index contributed by atoms with van der Waals surface area (Å²) < 4.78 is 0. The van der Waals surface area contributed by atoms with Crippen LogP contribution in [0.3, 0.4) is 0 Å². The molecule has 2 heterocycles. The Balaban J connectivity index is 2.02. The second-order valence-electron chi connectivity index (χ2n) is 3.10. The van der Waals surface area contributed by atoms with Crippen LogP contribution in [0, 0.1) is 0 Å². The molecule has 0 bridgehead atoms. The Morgan fingerprint density at radius 2 is 2.36 bits per heavy atom. The molecule has 0 spiro atoms. The van der Waals surface area contributed by atoms with Crippen molar-refractivity contribution in [1.82, 2.24) is 20.6 Å². The Morgan fingerprint density at radius 3 is 3.07 bits per heavy atom. The lowest BCUT2D eigenvalue weighted by atomic mass is 10.1. The summed E-state index contributed by atoms with van der Waals surface area (Å²) in [6.07, 6.45) is 3.66. The number of H-pyrrole nitrogens is 1. The van der Waals surface area contributed by atoms with Crippen molar-refractivity contribution < 1.29 is 9.59 Å². The number of carbonyl (C=O) groups excluding carboxylic acids is 2. The van der Waals surface area contributed by atoms with Gasteiger partial charge in [0.05, 0.1) is 18.6 Å². The fraction of sp³-hybridized carbons (Fsp3) is 0.375. The molecule has 1 fully saturated rings. The molecule has 1 aliphatic rings. The number of piperazine rings is 1. The van der Waals surface area contributed by atoms with Crippen LogP contribution in [0.1, 0.15) is 5.69 Å². The molecule has 14 heavy (non-hydrogen) atoms. The highest BCUT2D eigenvalue weighted by molar-refractivity contribution is 5.94. The van der Waals surface area contributed by atoms with Crippen LogP contribution < -0.4 is 10.6 Å². The molecular weight excluding hydrogens is 184 g/mol. The Bertz CT molecular complexity index is 346. The van der Waals surface area contributed by atoms with Crippen LogP contribution in [0.5, 0.6) is 0 Å². The highest BCUT2D eigenvalue weighted by atomic mass is 16.2. The highest BCUT2D eigenvalue weighted by Crippen LogP contribution is 2.00. The first-order valence-corrected chi connectivity index (χ1v) is 4.30. The molecule has 1 aromatic rings. The minimum absolute atomic E-state index is 0.0654. The number of hydrogen-bond acceptors (Lipinski definition) is 3. The first-order chi connectivity index (χ1) is 6.75. The molecule has 2 amide bonds. The van der Waals surface area contributed by atoms with E-state index in [1.807, 2.05) is 0 Å². The van der Waals surface area contributed by atoms with E-state index in [1.54, 1.807) is 6.20 Å². The molecule has 6 heteroatoms. The van der Waals surface area contributed by atoms with E-state index in [9.17, 15) is 9.59 Å². The standard InChI is InChI=1S/C8H10N4O2/c13-7-3-10-8(14)6(12-7)1-5-2-9-4-11-5/h2,4,6H,1,3H2,(H,9,11)(H,10,14)(H,12,13)/t6-/m0/s1. The summed E-state index contributed by atoms with van der Waals surface area (Å²) in [6.45, 7) is 0.0654. The molecule has 2 rings (SSSR count). The third-order valence-electron chi connectivity index (χ3n) is 2.04. The fourth-order valence-corrected chi connectivity index (χ4v) is 1.36. The summed E-state index contributed by atoms with van der Waals surface area (Å²) in [7, 11) is 0. The second kappa shape index (κ2) is 3.49. The molecule has 3 N–H and O–H groups in total. The van der Waals surface area contributed by atoms with Gasteiger partial charge in [-0.2, -0.15) is 0 Å². The molecule has 0 aliphatic carbocycles. The molecule has 0 saturated carbocycles. The number of nitrogens with zero attached hydrogens (tertiary/aromatic N) is 1. The maximum Gasteiger partial charge on any atom is 0.243 e. The van der Waals surface area contributed by atoms with Gasteiger partial charge in [-0.3, -0.25) is 9.59 Å². The average Bonchev–Trinajstić information content (AvgIpc) is 2.64. The quantitative estimate of drug-likeness (QED) is 0.539. The summed E-state index contributed by atoms with van der Waals surface area (Å²) in [6, 6.07) is -0.500. The number of carbonyl (C=O) groups is 2. The Hall–Kier alpha value is -1.85. The summed E-state index contributed by atoms with van der Waals surface area (Å²) in [5, 5.41) is 5.10. The van der Waals surface area contributed by atoms with Crippen LogP contribution in [0.2, 0.25) is 0 Å². The monoisotopic (exact) mass is 194 g/mol. The van der Waals surface area contributed by atoms with E-state index < -0.39 is 6.04 Å². The molecule has 1 atom stereocenters. The largest absolute Gasteiger partial charge is 0.351 e. The van der Waals surface area contributed by atoms with Gasteiger partial charge in [-0.05, 0) is 0 Å². The van der Waals surface area contributed by atoms with Gasteiger partial charge < -0.3 is 15.6 Å². The van der Waals surface area contributed by atoms with E-state index in [0.29, 0.717) is 6.42 Å². The van der Waals surface area contributed by atoms with Crippen LogP contribution in [0.4, 0.5) is 0 Å². The number of amides is 2. The van der Waals surface area contributed by atoms with Crippen LogP contribution in [-0.2, 0) is 16.0 Å². The Kier molecular flexibility index (Phi) is 2.18. The van der Waals surface area contributed by atoms with Gasteiger partial charge in [0.1, 0.15) is 6.04 Å². The van der Waals surface area contributed by atoms with Gasteiger partial charge in [-0.1, -0.05) is 0 Å². The van der Waals surface area contributed by atoms with Gasteiger partial charge in [-0.15, -0.1) is 0 Å². The van der Waals surface area contributed by atoms with Crippen molar-refractivity contribution in [3.8, 4) is 0 Å². The Labute approximate surface area is 80.1 Å². The molecule has 1 saturated heterocycles. The lowest BCUT2D eigenvalue weighted by Crippen LogP contribution is -2.56. The van der Waals surface area contributed by atoms with Crippen LogP contribution >= 0.6 is 0 Å². The molecule has 0 radical (unpaired) electrons. The summed E-state index contributed by atoms with van der Waals surface area (Å²) in [5.41, 5.74) is 0.757. The maximum atomic E-state index is 11.3. The van der Waals surface area contributed by atoms with Crippen molar-refractivity contribution in [2.75, 3.05) is 6.54 Å². The number of rotatable bonds is 2. The normalized spacial score (nSPS) is 21.6. The first-order valence-electron chi connectivity index (χ1n) is 4.30. The van der Waals surface area contributed by atoms with Gasteiger partial charge in [0.2, 0.25) is 11.8 Å². The zero-order valence-corrected chi connectivity index (χ0v) is 7.41. The predicted molar refractivity (Wildman–Crippen MR) is 47.2 cm³/mol. The van der Waals surface area contributed by atoms with Gasteiger partial charge in [0.25, 0.3) is 0 Å². The van der Waals surface area contributed by atoms with E-state index in [2.05, 4.69) is 20.6 Å². The van der Waals surface area contributed by atoms with Gasteiger partial charge >= 0.3 is 0 Å². The molecule has 1 aromatic heterocycles. The molecule has 0 unspecified atom stereocenters. The van der Waals surface area contributed by atoms with Crippen LogP contribution in [0.25, 0.3) is 0 Å². The van der Waals surface area contributed by atoms with Gasteiger partial charge in [0, 0.05) is 12.6 Å². The number of aromatic nitrogens is 2. The number of hydrogen-bond donors (Lipinski definition) is 3. The predicted octanol–water partition coefficient (Wildman–Crippen LogP) is -1.43. The minimum Gasteiger partial charge on any atom is -0.351 e. The van der Waals surface area contributed by atoms with E-state index in [0.717, 1.165) is 5.69 Å². The smallest absolute Gasteiger partial charge is 0.243 e. The lowest BCUT2D eigenvalue weighted by Gasteiger charge is -2.22. The third-order valence-corrected chi connectivity index (χ3v) is 2.04. The molecule has 1 aliphatic heterocycles. The van der Waals surface area contributed by atoms with Crippen molar-refractivity contribution in [1.29, 1.82) is 0 Å². The molecule has 6 nitrogen and oxygen atoms in total. The first kappa shape index (κ1) is 8.74. The molecule has 0 aromatic carbocycles.